The summed E-state index contributed by atoms with van der Waals surface area (Å²) in [6.07, 6.45) is 1.44. The number of benzene rings is 2. The van der Waals surface area contributed by atoms with Crippen LogP contribution in [0, 0.1) is 0 Å². The van der Waals surface area contributed by atoms with E-state index in [0.717, 1.165) is 11.1 Å². The molecule has 0 fully saturated rings. The Labute approximate surface area is 147 Å². The molecule has 5 heteroatoms. The third-order valence-electron chi connectivity index (χ3n) is 3.70. The lowest BCUT2D eigenvalue weighted by Gasteiger charge is -2.22. The molecule has 2 rings (SSSR count). The number of nitrogens with one attached hydrogen (secondary N) is 1. The van der Waals surface area contributed by atoms with Gasteiger partial charge in [0.1, 0.15) is 0 Å². The first-order valence-corrected chi connectivity index (χ1v) is 8.07. The first-order valence-electron chi connectivity index (χ1n) is 8.07. The fourth-order valence-electron chi connectivity index (χ4n) is 2.40. The number of nitrogens with zero attached hydrogens (tertiary/aromatic N) is 1. The molecule has 0 bridgehead atoms. The predicted molar refractivity (Wildman–Crippen MR) is 97.9 cm³/mol. The van der Waals surface area contributed by atoms with Crippen molar-refractivity contribution in [1.29, 1.82) is 0 Å². The molecule has 0 radical (unpaired) electrons. The maximum Gasteiger partial charge on any atom is 0.247 e. The van der Waals surface area contributed by atoms with Crippen molar-refractivity contribution >= 4 is 17.5 Å². The molecule has 0 aromatic heterocycles. The summed E-state index contributed by atoms with van der Waals surface area (Å²) in [7, 11) is 0. The van der Waals surface area contributed by atoms with Crippen molar-refractivity contribution in [2.45, 2.75) is 13.0 Å². The maximum absolute atomic E-state index is 12.5. The van der Waals surface area contributed by atoms with Gasteiger partial charge in [-0.1, -0.05) is 49.0 Å². The average molecular weight is 338 g/mol. The Morgan fingerprint density at radius 1 is 1.04 bits per heavy atom. The van der Waals surface area contributed by atoms with Gasteiger partial charge >= 0.3 is 0 Å². The summed E-state index contributed by atoms with van der Waals surface area (Å²) in [5, 5.41) is 11.9. The number of anilines is 1. The molecule has 2 aromatic rings. The van der Waals surface area contributed by atoms with Crippen molar-refractivity contribution in [3.05, 3.63) is 78.4 Å². The normalized spacial score (nSPS) is 10.1. The van der Waals surface area contributed by atoms with Crippen LogP contribution in [0.4, 0.5) is 5.69 Å². The summed E-state index contributed by atoms with van der Waals surface area (Å²) >= 11 is 0. The van der Waals surface area contributed by atoms with Crippen LogP contribution in [0.5, 0.6) is 0 Å². The van der Waals surface area contributed by atoms with Gasteiger partial charge in [0.15, 0.2) is 0 Å². The maximum atomic E-state index is 12.5. The monoisotopic (exact) mass is 338 g/mol. The van der Waals surface area contributed by atoms with Crippen LogP contribution in [0.25, 0.3) is 0 Å². The van der Waals surface area contributed by atoms with E-state index in [1.54, 1.807) is 29.2 Å². The van der Waals surface area contributed by atoms with Crippen molar-refractivity contribution in [1.82, 2.24) is 4.90 Å². The van der Waals surface area contributed by atoms with Crippen LogP contribution in [0.3, 0.4) is 0 Å². The Kier molecular flexibility index (Phi) is 6.92. The minimum Gasteiger partial charge on any atom is -0.395 e. The SMILES string of the molecule is C=CC(=O)Nc1ccc(CC(=O)N(CCO)Cc2ccccc2)cc1. The second-order valence-electron chi connectivity index (χ2n) is 5.59. The van der Waals surface area contributed by atoms with Crippen LogP contribution in [-0.2, 0) is 22.6 Å². The molecule has 0 aliphatic rings. The van der Waals surface area contributed by atoms with E-state index < -0.39 is 0 Å². The predicted octanol–water partition coefficient (Wildman–Crippen LogP) is 2.37. The Morgan fingerprint density at radius 3 is 2.32 bits per heavy atom. The van der Waals surface area contributed by atoms with E-state index in [2.05, 4.69) is 11.9 Å². The lowest BCUT2D eigenvalue weighted by Crippen LogP contribution is -2.34. The minimum atomic E-state index is -0.277. The zero-order chi connectivity index (χ0) is 18.1. The molecule has 0 saturated heterocycles. The summed E-state index contributed by atoms with van der Waals surface area (Å²) in [5.74, 6) is -0.332. The van der Waals surface area contributed by atoms with E-state index in [-0.39, 0.29) is 24.8 Å². The number of hydrogen-bond donors (Lipinski definition) is 2. The largest absolute Gasteiger partial charge is 0.395 e. The molecule has 2 amide bonds. The van der Waals surface area contributed by atoms with E-state index in [1.807, 2.05) is 30.3 Å². The quantitative estimate of drug-likeness (QED) is 0.726. The third-order valence-corrected chi connectivity index (χ3v) is 3.70. The lowest BCUT2D eigenvalue weighted by atomic mass is 10.1. The summed E-state index contributed by atoms with van der Waals surface area (Å²) in [6.45, 7) is 4.08. The van der Waals surface area contributed by atoms with Crippen LogP contribution in [-0.4, -0.2) is 35.0 Å². The fourth-order valence-corrected chi connectivity index (χ4v) is 2.40. The molecule has 0 atom stereocenters. The molecular weight excluding hydrogens is 316 g/mol. The van der Waals surface area contributed by atoms with Gasteiger partial charge in [-0.3, -0.25) is 9.59 Å². The Bertz CT molecular complexity index is 711. The number of aliphatic hydroxyl groups excluding tert-OH is 1. The van der Waals surface area contributed by atoms with Gasteiger partial charge < -0.3 is 15.3 Å². The van der Waals surface area contributed by atoms with Crippen molar-refractivity contribution in [2.75, 3.05) is 18.5 Å². The number of carbonyl (C=O) groups is 2. The van der Waals surface area contributed by atoms with Crippen molar-refractivity contribution in [2.24, 2.45) is 0 Å². The number of hydrogen-bond acceptors (Lipinski definition) is 3. The molecule has 2 aromatic carbocycles. The molecule has 0 saturated carbocycles. The van der Waals surface area contributed by atoms with Crippen LogP contribution in [0.2, 0.25) is 0 Å². The van der Waals surface area contributed by atoms with Crippen molar-refractivity contribution in [3.8, 4) is 0 Å². The Balaban J connectivity index is 2.00. The summed E-state index contributed by atoms with van der Waals surface area (Å²) in [4.78, 5) is 25.5. The molecular formula is C20H22N2O3. The van der Waals surface area contributed by atoms with Gasteiger partial charge in [0.05, 0.1) is 13.0 Å². The molecule has 0 unspecified atom stereocenters. The van der Waals surface area contributed by atoms with E-state index in [0.29, 0.717) is 18.8 Å². The molecule has 0 aliphatic carbocycles. The van der Waals surface area contributed by atoms with Gasteiger partial charge in [0.2, 0.25) is 11.8 Å². The minimum absolute atomic E-state index is 0.0548. The summed E-state index contributed by atoms with van der Waals surface area (Å²) in [6, 6.07) is 16.8. The molecule has 0 heterocycles. The highest BCUT2D eigenvalue weighted by atomic mass is 16.3. The Morgan fingerprint density at radius 2 is 1.72 bits per heavy atom. The van der Waals surface area contributed by atoms with Gasteiger partial charge in [-0.15, -0.1) is 0 Å². The zero-order valence-electron chi connectivity index (χ0n) is 14.0. The Hall–Kier alpha value is -2.92. The van der Waals surface area contributed by atoms with Gasteiger partial charge in [-0.05, 0) is 29.3 Å². The molecule has 25 heavy (non-hydrogen) atoms. The van der Waals surface area contributed by atoms with E-state index in [9.17, 15) is 14.7 Å². The highest BCUT2D eigenvalue weighted by molar-refractivity contribution is 5.98. The van der Waals surface area contributed by atoms with Crippen molar-refractivity contribution in [3.63, 3.8) is 0 Å². The summed E-state index contributed by atoms with van der Waals surface area (Å²) < 4.78 is 0. The van der Waals surface area contributed by atoms with E-state index in [4.69, 9.17) is 0 Å². The van der Waals surface area contributed by atoms with Crippen LogP contribution in [0.15, 0.2) is 67.3 Å². The first-order chi connectivity index (χ1) is 12.1. The van der Waals surface area contributed by atoms with Gasteiger partial charge in [0.25, 0.3) is 0 Å². The van der Waals surface area contributed by atoms with Gasteiger partial charge in [-0.25, -0.2) is 0 Å². The molecule has 0 spiro atoms. The second kappa shape index (κ2) is 9.39. The van der Waals surface area contributed by atoms with E-state index >= 15 is 0 Å². The zero-order valence-corrected chi connectivity index (χ0v) is 14.0. The molecule has 130 valence electrons. The molecule has 2 N–H and O–H groups in total. The number of carbonyl (C=O) groups excluding carboxylic acids is 2. The lowest BCUT2D eigenvalue weighted by molar-refractivity contribution is -0.131. The molecule has 5 nitrogen and oxygen atoms in total. The van der Waals surface area contributed by atoms with Crippen molar-refractivity contribution < 1.29 is 14.7 Å². The standard InChI is InChI=1S/C20H22N2O3/c1-2-19(24)21-18-10-8-16(9-11-18)14-20(25)22(12-13-23)15-17-6-4-3-5-7-17/h2-11,23H,1,12-15H2,(H,21,24). The van der Waals surface area contributed by atoms with Crippen LogP contribution in [0.1, 0.15) is 11.1 Å². The topological polar surface area (TPSA) is 69.6 Å². The van der Waals surface area contributed by atoms with Gasteiger partial charge in [-0.2, -0.15) is 0 Å². The first kappa shape index (κ1) is 18.4. The van der Waals surface area contributed by atoms with E-state index in [1.165, 1.54) is 6.08 Å². The summed E-state index contributed by atoms with van der Waals surface area (Å²) in [5.41, 5.74) is 2.52. The van der Waals surface area contributed by atoms with Crippen LogP contribution >= 0.6 is 0 Å². The smallest absolute Gasteiger partial charge is 0.247 e. The number of rotatable bonds is 8. The number of amides is 2. The highest BCUT2D eigenvalue weighted by Crippen LogP contribution is 2.12. The van der Waals surface area contributed by atoms with Gasteiger partial charge in [0, 0.05) is 18.8 Å². The number of aliphatic hydroxyl groups is 1. The second-order valence-corrected chi connectivity index (χ2v) is 5.59. The van der Waals surface area contributed by atoms with Crippen LogP contribution < -0.4 is 5.32 Å². The third kappa shape index (κ3) is 5.90. The highest BCUT2D eigenvalue weighted by Gasteiger charge is 2.14. The molecule has 0 aliphatic heterocycles. The average Bonchev–Trinajstić information content (AvgIpc) is 2.63. The fraction of sp³-hybridized carbons (Fsp3) is 0.200.